The molecule has 0 heterocycles. The third-order valence-corrected chi connectivity index (χ3v) is 1.54. The van der Waals surface area contributed by atoms with Gasteiger partial charge in [0.1, 0.15) is 12.3 Å². The summed E-state index contributed by atoms with van der Waals surface area (Å²) in [4.78, 5) is 11.2. The monoisotopic (exact) mass is 205 g/mol. The van der Waals surface area contributed by atoms with Gasteiger partial charge in [-0.25, -0.2) is 9.18 Å². The van der Waals surface area contributed by atoms with Crippen molar-refractivity contribution in [2.75, 3.05) is 6.67 Å². The molecule has 0 saturated heterocycles. The third kappa shape index (κ3) is 6.69. The fourth-order valence-electron chi connectivity index (χ4n) is 1.01. The predicted octanol–water partition coefficient (Wildman–Crippen LogP) is 2.65. The van der Waals surface area contributed by atoms with E-state index in [1.165, 1.54) is 0 Å². The van der Waals surface area contributed by atoms with E-state index >= 15 is 0 Å². The fourth-order valence-corrected chi connectivity index (χ4v) is 1.01. The summed E-state index contributed by atoms with van der Waals surface area (Å²) in [5, 5.41) is 2.49. The number of alkyl carbamates (subject to hydrolysis) is 1. The Morgan fingerprint density at radius 1 is 1.50 bits per heavy atom. The van der Waals surface area contributed by atoms with Crippen LogP contribution in [0.1, 0.15) is 40.5 Å². The summed E-state index contributed by atoms with van der Waals surface area (Å²) in [5.41, 5.74) is -0.531. The minimum atomic E-state index is -0.549. The number of halogens is 1. The first-order chi connectivity index (χ1) is 6.39. The molecule has 1 N–H and O–H groups in total. The van der Waals surface area contributed by atoms with Gasteiger partial charge in [-0.1, -0.05) is 13.3 Å². The molecule has 84 valence electrons. The topological polar surface area (TPSA) is 38.3 Å². The van der Waals surface area contributed by atoms with Gasteiger partial charge >= 0.3 is 6.09 Å². The first kappa shape index (κ1) is 13.2. The summed E-state index contributed by atoms with van der Waals surface area (Å²) in [5.74, 6) is 0. The standard InChI is InChI=1S/C10H20FNO2/c1-5-6-8(7-11)12-9(13)14-10(2,3)4/h8H,5-7H2,1-4H3,(H,12,13)/t8-/m1/s1. The number of hydrogen-bond donors (Lipinski definition) is 1. The zero-order valence-electron chi connectivity index (χ0n) is 9.39. The molecular weight excluding hydrogens is 185 g/mol. The maximum absolute atomic E-state index is 12.4. The van der Waals surface area contributed by atoms with Gasteiger partial charge in [-0.2, -0.15) is 0 Å². The Bertz CT molecular complexity index is 177. The Morgan fingerprint density at radius 3 is 2.43 bits per heavy atom. The Hall–Kier alpha value is -0.800. The Kier molecular flexibility index (Phi) is 5.50. The molecule has 0 aliphatic carbocycles. The second-order valence-corrected chi connectivity index (χ2v) is 4.29. The van der Waals surface area contributed by atoms with Crippen molar-refractivity contribution in [2.45, 2.75) is 52.2 Å². The zero-order chi connectivity index (χ0) is 11.2. The number of carbonyl (C=O) groups excluding carboxylic acids is 1. The number of alkyl halides is 1. The molecule has 0 saturated carbocycles. The number of amides is 1. The predicted molar refractivity (Wildman–Crippen MR) is 54.0 cm³/mol. The second kappa shape index (κ2) is 5.83. The van der Waals surface area contributed by atoms with Crippen LogP contribution in [0.3, 0.4) is 0 Å². The molecule has 0 aromatic rings. The van der Waals surface area contributed by atoms with E-state index in [2.05, 4.69) is 5.32 Å². The Balaban J connectivity index is 3.91. The minimum Gasteiger partial charge on any atom is -0.444 e. The van der Waals surface area contributed by atoms with Crippen LogP contribution >= 0.6 is 0 Å². The summed E-state index contributed by atoms with van der Waals surface area (Å²) < 4.78 is 17.4. The quantitative estimate of drug-likeness (QED) is 0.766. The highest BCUT2D eigenvalue weighted by Crippen LogP contribution is 2.07. The molecule has 0 aromatic carbocycles. The van der Waals surface area contributed by atoms with E-state index in [1.54, 1.807) is 20.8 Å². The van der Waals surface area contributed by atoms with Crippen molar-refractivity contribution in [1.29, 1.82) is 0 Å². The summed E-state index contributed by atoms with van der Waals surface area (Å²) in [6, 6.07) is -0.421. The average molecular weight is 205 g/mol. The van der Waals surface area contributed by atoms with E-state index in [0.717, 1.165) is 6.42 Å². The molecule has 0 aromatic heterocycles. The summed E-state index contributed by atoms with van der Waals surface area (Å²) in [7, 11) is 0. The van der Waals surface area contributed by atoms with E-state index in [9.17, 15) is 9.18 Å². The van der Waals surface area contributed by atoms with Gasteiger partial charge in [-0.15, -0.1) is 0 Å². The van der Waals surface area contributed by atoms with Gasteiger partial charge < -0.3 is 10.1 Å². The molecule has 1 atom stereocenters. The molecule has 0 rings (SSSR count). The van der Waals surface area contributed by atoms with E-state index < -0.39 is 24.4 Å². The highest BCUT2D eigenvalue weighted by Gasteiger charge is 2.18. The number of nitrogens with one attached hydrogen (secondary N) is 1. The number of ether oxygens (including phenoxy) is 1. The molecule has 0 unspecified atom stereocenters. The van der Waals surface area contributed by atoms with Gasteiger partial charge in [0.2, 0.25) is 0 Å². The highest BCUT2D eigenvalue weighted by molar-refractivity contribution is 5.68. The van der Waals surface area contributed by atoms with Gasteiger partial charge in [-0.05, 0) is 27.2 Å². The van der Waals surface area contributed by atoms with Crippen molar-refractivity contribution in [1.82, 2.24) is 5.32 Å². The van der Waals surface area contributed by atoms with Crippen LogP contribution in [0.4, 0.5) is 9.18 Å². The van der Waals surface area contributed by atoms with Crippen LogP contribution in [0.25, 0.3) is 0 Å². The number of carbonyl (C=O) groups is 1. The normalized spacial score (nSPS) is 13.5. The minimum absolute atomic E-state index is 0.421. The lowest BCUT2D eigenvalue weighted by molar-refractivity contribution is 0.0493. The number of rotatable bonds is 4. The molecule has 14 heavy (non-hydrogen) atoms. The van der Waals surface area contributed by atoms with E-state index in [-0.39, 0.29) is 0 Å². The maximum Gasteiger partial charge on any atom is 0.407 e. The molecule has 1 amide bonds. The molecule has 0 fully saturated rings. The molecule has 0 spiro atoms. The van der Waals surface area contributed by atoms with Crippen molar-refractivity contribution >= 4 is 6.09 Å². The average Bonchev–Trinajstić information content (AvgIpc) is 2.00. The molecular formula is C10H20FNO2. The first-order valence-corrected chi connectivity index (χ1v) is 4.94. The Morgan fingerprint density at radius 2 is 2.07 bits per heavy atom. The lowest BCUT2D eigenvalue weighted by atomic mass is 10.2. The second-order valence-electron chi connectivity index (χ2n) is 4.29. The van der Waals surface area contributed by atoms with E-state index in [1.807, 2.05) is 6.92 Å². The molecule has 0 aliphatic rings. The van der Waals surface area contributed by atoms with Gasteiger partial charge in [0, 0.05) is 0 Å². The Labute approximate surface area is 85.0 Å². The van der Waals surface area contributed by atoms with Crippen LogP contribution < -0.4 is 5.32 Å². The maximum atomic E-state index is 12.4. The van der Waals surface area contributed by atoms with Crippen LogP contribution in [0.2, 0.25) is 0 Å². The zero-order valence-corrected chi connectivity index (χ0v) is 9.39. The molecule has 3 nitrogen and oxygen atoms in total. The first-order valence-electron chi connectivity index (χ1n) is 4.94. The molecule has 0 bridgehead atoms. The lowest BCUT2D eigenvalue weighted by Gasteiger charge is -2.22. The van der Waals surface area contributed by atoms with Crippen molar-refractivity contribution < 1.29 is 13.9 Å². The fraction of sp³-hybridized carbons (Fsp3) is 0.900. The summed E-state index contributed by atoms with van der Waals surface area (Å²) >= 11 is 0. The van der Waals surface area contributed by atoms with Crippen LogP contribution in [0, 0.1) is 0 Å². The largest absolute Gasteiger partial charge is 0.444 e. The SMILES string of the molecule is CCC[C@H](CF)NC(=O)OC(C)(C)C. The van der Waals surface area contributed by atoms with Gasteiger partial charge in [0.05, 0.1) is 6.04 Å². The van der Waals surface area contributed by atoms with E-state index in [0.29, 0.717) is 6.42 Å². The smallest absolute Gasteiger partial charge is 0.407 e. The summed E-state index contributed by atoms with van der Waals surface area (Å²) in [6.45, 7) is 6.72. The van der Waals surface area contributed by atoms with Crippen molar-refractivity contribution in [2.24, 2.45) is 0 Å². The van der Waals surface area contributed by atoms with Crippen LogP contribution in [0.15, 0.2) is 0 Å². The van der Waals surface area contributed by atoms with Crippen LogP contribution in [0.5, 0.6) is 0 Å². The lowest BCUT2D eigenvalue weighted by Crippen LogP contribution is -2.40. The van der Waals surface area contributed by atoms with Gasteiger partial charge in [0.15, 0.2) is 0 Å². The van der Waals surface area contributed by atoms with Crippen molar-refractivity contribution in [3.63, 3.8) is 0 Å². The highest BCUT2D eigenvalue weighted by atomic mass is 19.1. The van der Waals surface area contributed by atoms with Crippen molar-refractivity contribution in [3.05, 3.63) is 0 Å². The van der Waals surface area contributed by atoms with Crippen LogP contribution in [-0.2, 0) is 4.74 Å². The van der Waals surface area contributed by atoms with Gasteiger partial charge in [-0.3, -0.25) is 0 Å². The molecule has 0 aliphatic heterocycles. The molecule has 0 radical (unpaired) electrons. The van der Waals surface area contributed by atoms with Crippen LogP contribution in [-0.4, -0.2) is 24.4 Å². The third-order valence-electron chi connectivity index (χ3n) is 1.54. The van der Waals surface area contributed by atoms with Crippen molar-refractivity contribution in [3.8, 4) is 0 Å². The molecule has 4 heteroatoms. The summed E-state index contributed by atoms with van der Waals surface area (Å²) in [6.07, 6.45) is 0.925. The van der Waals surface area contributed by atoms with Gasteiger partial charge in [0.25, 0.3) is 0 Å². The van der Waals surface area contributed by atoms with E-state index in [4.69, 9.17) is 4.74 Å². The number of hydrogen-bond acceptors (Lipinski definition) is 2.